The molecule has 4 N–H and O–H groups in total. The van der Waals surface area contributed by atoms with E-state index in [9.17, 15) is 9.59 Å². The van der Waals surface area contributed by atoms with Crippen LogP contribution >= 0.6 is 0 Å². The second-order valence-corrected chi connectivity index (χ2v) is 2.60. The van der Waals surface area contributed by atoms with Crippen molar-refractivity contribution in [3.8, 4) is 0 Å². The van der Waals surface area contributed by atoms with Crippen LogP contribution in [0.1, 0.15) is 12.8 Å². The van der Waals surface area contributed by atoms with Crippen LogP contribution < -0.4 is 11.5 Å². The predicted octanol–water partition coefficient (Wildman–Crippen LogP) is -1.02. The Morgan fingerprint density at radius 3 is 1.40 bits per heavy atom. The first-order chi connectivity index (χ1) is 4.63. The number of rotatable bonds is 2. The van der Waals surface area contributed by atoms with E-state index in [0.29, 0.717) is 12.8 Å². The minimum Gasteiger partial charge on any atom is -0.369 e. The molecule has 0 aliphatic heterocycles. The predicted molar refractivity (Wildman–Crippen MR) is 34.6 cm³/mol. The summed E-state index contributed by atoms with van der Waals surface area (Å²) in [5.74, 6) is -1.40. The standard InChI is InChI=1S/C6H10N2O2/c7-5(9)3-1-2-4(3)6(8)10/h3-4H,1-2H2,(H2,7,9)(H2,8,10)/t3-,4-/m0/s1. The molecule has 0 unspecified atom stereocenters. The summed E-state index contributed by atoms with van der Waals surface area (Å²) in [4.78, 5) is 21.0. The fraction of sp³-hybridized carbons (Fsp3) is 0.667. The van der Waals surface area contributed by atoms with Crippen LogP contribution in [0.15, 0.2) is 0 Å². The van der Waals surface area contributed by atoms with Gasteiger partial charge in [-0.05, 0) is 12.8 Å². The van der Waals surface area contributed by atoms with Crippen molar-refractivity contribution in [2.75, 3.05) is 0 Å². The van der Waals surface area contributed by atoms with E-state index in [1.54, 1.807) is 0 Å². The van der Waals surface area contributed by atoms with Crippen molar-refractivity contribution in [1.82, 2.24) is 0 Å². The van der Waals surface area contributed by atoms with Crippen molar-refractivity contribution in [3.63, 3.8) is 0 Å². The molecule has 10 heavy (non-hydrogen) atoms. The van der Waals surface area contributed by atoms with Gasteiger partial charge in [0.05, 0.1) is 0 Å². The molecule has 1 fully saturated rings. The lowest BCUT2D eigenvalue weighted by molar-refractivity contribution is -0.136. The third-order valence-electron chi connectivity index (χ3n) is 2.01. The number of hydrogen-bond donors (Lipinski definition) is 2. The summed E-state index contributed by atoms with van der Waals surface area (Å²) in [5.41, 5.74) is 9.96. The molecule has 0 aromatic carbocycles. The number of nitrogens with two attached hydrogens (primary N) is 2. The highest BCUT2D eigenvalue weighted by Gasteiger charge is 2.38. The van der Waals surface area contributed by atoms with E-state index in [1.807, 2.05) is 0 Å². The van der Waals surface area contributed by atoms with Gasteiger partial charge in [-0.15, -0.1) is 0 Å². The summed E-state index contributed by atoms with van der Waals surface area (Å²) in [6.07, 6.45) is 1.42. The molecule has 0 aromatic heterocycles. The number of hydrogen-bond acceptors (Lipinski definition) is 2. The SMILES string of the molecule is NC(=O)[C@H]1CC[C@@H]1C(N)=O. The normalized spacial score (nSPS) is 30.8. The Balaban J connectivity index is 2.51. The van der Waals surface area contributed by atoms with Crippen molar-refractivity contribution in [3.05, 3.63) is 0 Å². The van der Waals surface area contributed by atoms with Crippen molar-refractivity contribution >= 4 is 11.8 Å². The Kier molecular flexibility index (Phi) is 1.61. The molecule has 4 heteroatoms. The molecular weight excluding hydrogens is 132 g/mol. The largest absolute Gasteiger partial charge is 0.369 e. The van der Waals surface area contributed by atoms with Gasteiger partial charge in [0, 0.05) is 11.8 Å². The molecule has 0 bridgehead atoms. The monoisotopic (exact) mass is 142 g/mol. The quantitative estimate of drug-likeness (QED) is 0.517. The highest BCUT2D eigenvalue weighted by molar-refractivity contribution is 5.87. The zero-order valence-electron chi connectivity index (χ0n) is 5.54. The fourth-order valence-corrected chi connectivity index (χ4v) is 1.18. The van der Waals surface area contributed by atoms with Gasteiger partial charge in [0.2, 0.25) is 11.8 Å². The first-order valence-electron chi connectivity index (χ1n) is 3.21. The third kappa shape index (κ3) is 0.964. The smallest absolute Gasteiger partial charge is 0.221 e. The van der Waals surface area contributed by atoms with Gasteiger partial charge < -0.3 is 11.5 Å². The van der Waals surface area contributed by atoms with Crippen LogP contribution in [0.5, 0.6) is 0 Å². The van der Waals surface area contributed by atoms with Crippen LogP contribution in [-0.4, -0.2) is 11.8 Å². The molecular formula is C6H10N2O2. The molecule has 4 nitrogen and oxygen atoms in total. The topological polar surface area (TPSA) is 86.2 Å². The molecule has 2 atom stereocenters. The Morgan fingerprint density at radius 1 is 1.00 bits per heavy atom. The Morgan fingerprint density at radius 2 is 1.30 bits per heavy atom. The third-order valence-corrected chi connectivity index (χ3v) is 2.01. The number of amides is 2. The lowest BCUT2D eigenvalue weighted by atomic mass is 9.73. The first-order valence-corrected chi connectivity index (χ1v) is 3.21. The van der Waals surface area contributed by atoms with Crippen molar-refractivity contribution in [1.29, 1.82) is 0 Å². The number of carbonyl (C=O) groups is 2. The maximum Gasteiger partial charge on any atom is 0.221 e. The van der Waals surface area contributed by atoms with Gasteiger partial charge in [-0.25, -0.2) is 0 Å². The maximum atomic E-state index is 10.5. The summed E-state index contributed by atoms with van der Waals surface area (Å²) >= 11 is 0. The van der Waals surface area contributed by atoms with Crippen LogP contribution in [0.25, 0.3) is 0 Å². The van der Waals surface area contributed by atoms with Crippen molar-refractivity contribution in [2.45, 2.75) is 12.8 Å². The van der Waals surface area contributed by atoms with E-state index < -0.39 is 11.8 Å². The van der Waals surface area contributed by atoms with Crippen molar-refractivity contribution in [2.24, 2.45) is 23.3 Å². The Hall–Kier alpha value is -1.06. The minimum absolute atomic E-state index is 0.294. The Bertz CT molecular complexity index is 159. The number of carbonyl (C=O) groups excluding carboxylic acids is 2. The van der Waals surface area contributed by atoms with Crippen molar-refractivity contribution < 1.29 is 9.59 Å². The second-order valence-electron chi connectivity index (χ2n) is 2.60. The van der Waals surface area contributed by atoms with Crippen LogP contribution in [-0.2, 0) is 9.59 Å². The lowest BCUT2D eigenvalue weighted by Gasteiger charge is -2.31. The zero-order valence-corrected chi connectivity index (χ0v) is 5.54. The molecule has 1 rings (SSSR count). The molecule has 0 aromatic rings. The molecule has 56 valence electrons. The van der Waals surface area contributed by atoms with Gasteiger partial charge in [-0.2, -0.15) is 0 Å². The van der Waals surface area contributed by atoms with E-state index in [2.05, 4.69) is 0 Å². The first kappa shape index (κ1) is 7.05. The highest BCUT2D eigenvalue weighted by Crippen LogP contribution is 2.33. The van der Waals surface area contributed by atoms with E-state index >= 15 is 0 Å². The Labute approximate surface area is 58.6 Å². The van der Waals surface area contributed by atoms with E-state index in [-0.39, 0.29) is 11.8 Å². The van der Waals surface area contributed by atoms with Gasteiger partial charge in [0.25, 0.3) is 0 Å². The van der Waals surface area contributed by atoms with Crippen LogP contribution in [0.2, 0.25) is 0 Å². The summed E-state index contributed by atoms with van der Waals surface area (Å²) in [7, 11) is 0. The maximum absolute atomic E-state index is 10.5. The minimum atomic E-state index is -0.407. The van der Waals surface area contributed by atoms with Gasteiger partial charge >= 0.3 is 0 Å². The lowest BCUT2D eigenvalue weighted by Crippen LogP contribution is -2.44. The van der Waals surface area contributed by atoms with Crippen LogP contribution in [0.3, 0.4) is 0 Å². The fourth-order valence-electron chi connectivity index (χ4n) is 1.18. The zero-order chi connectivity index (χ0) is 7.72. The molecule has 0 radical (unpaired) electrons. The molecule has 0 spiro atoms. The van der Waals surface area contributed by atoms with Gasteiger partial charge in [-0.1, -0.05) is 0 Å². The highest BCUT2D eigenvalue weighted by atomic mass is 16.2. The molecule has 0 saturated heterocycles. The summed E-state index contributed by atoms with van der Waals surface area (Å²) in [6, 6.07) is 0. The summed E-state index contributed by atoms with van der Waals surface area (Å²) in [6.45, 7) is 0. The molecule has 0 heterocycles. The van der Waals surface area contributed by atoms with E-state index in [1.165, 1.54) is 0 Å². The average molecular weight is 142 g/mol. The molecule has 2 amide bonds. The van der Waals surface area contributed by atoms with Gasteiger partial charge in [0.1, 0.15) is 0 Å². The van der Waals surface area contributed by atoms with E-state index in [4.69, 9.17) is 11.5 Å². The summed E-state index contributed by atoms with van der Waals surface area (Å²) < 4.78 is 0. The van der Waals surface area contributed by atoms with Gasteiger partial charge in [-0.3, -0.25) is 9.59 Å². The molecule has 1 aliphatic rings. The average Bonchev–Trinajstić information content (AvgIpc) is 1.56. The molecule has 1 aliphatic carbocycles. The number of primary amides is 2. The van der Waals surface area contributed by atoms with Gasteiger partial charge in [0.15, 0.2) is 0 Å². The summed E-state index contributed by atoms with van der Waals surface area (Å²) in [5, 5.41) is 0. The van der Waals surface area contributed by atoms with E-state index in [0.717, 1.165) is 0 Å². The van der Waals surface area contributed by atoms with Crippen LogP contribution in [0.4, 0.5) is 0 Å². The molecule has 1 saturated carbocycles. The second kappa shape index (κ2) is 2.28. The van der Waals surface area contributed by atoms with Crippen LogP contribution in [0, 0.1) is 11.8 Å².